The van der Waals surface area contributed by atoms with Crippen molar-refractivity contribution in [1.82, 2.24) is 15.0 Å². The molecule has 0 aliphatic carbocycles. The minimum Gasteiger partial charge on any atom is -0.460 e. The van der Waals surface area contributed by atoms with Gasteiger partial charge in [0.1, 0.15) is 31.0 Å². The predicted octanol–water partition coefficient (Wildman–Crippen LogP) is 2.80. The molecule has 1 N–H and O–H groups in total. The average molecular weight is 570 g/mol. The Hall–Kier alpha value is -2.61. The molecule has 0 amide bonds. The molecule has 12 nitrogen and oxygen atoms in total. The molecule has 5 aliphatic rings. The van der Waals surface area contributed by atoms with Gasteiger partial charge >= 0.3 is 6.01 Å². The molecule has 1 unspecified atom stereocenters. The fourth-order valence-electron chi connectivity index (χ4n) is 6.29. The normalized spacial score (nSPS) is 33.2. The fourth-order valence-corrected chi connectivity index (χ4v) is 6.29. The molecule has 4 fully saturated rings. The molecule has 0 spiro atoms. The van der Waals surface area contributed by atoms with Gasteiger partial charge in [0, 0.05) is 26.2 Å². The Kier molecular flexibility index (Phi) is 7.03. The molecule has 6 heterocycles. The SMILES string of the molecule is CC1(C)O[C@H]2[C@@H](O1)[C@@H](COc1nc(NCC3CCCO3)nc(N3CCc4ccccc4C3)n1)O[C@@H]1OC(C)(C)O[C@@H]12. The summed E-state index contributed by atoms with van der Waals surface area (Å²) in [4.78, 5) is 16.2. The van der Waals surface area contributed by atoms with Crippen molar-refractivity contribution in [2.24, 2.45) is 0 Å². The average Bonchev–Trinajstić information content (AvgIpc) is 3.66. The van der Waals surface area contributed by atoms with Crippen molar-refractivity contribution in [1.29, 1.82) is 0 Å². The van der Waals surface area contributed by atoms with E-state index in [1.807, 2.05) is 27.7 Å². The molecule has 1 aromatic heterocycles. The first-order valence-corrected chi connectivity index (χ1v) is 14.6. The van der Waals surface area contributed by atoms with Gasteiger partial charge in [0.25, 0.3) is 0 Å². The highest BCUT2D eigenvalue weighted by Gasteiger charge is 2.60. The molecule has 0 radical (unpaired) electrons. The van der Waals surface area contributed by atoms with Crippen LogP contribution in [-0.4, -0.2) is 89.6 Å². The van der Waals surface area contributed by atoms with E-state index in [1.54, 1.807) is 0 Å². The van der Waals surface area contributed by atoms with E-state index in [1.165, 1.54) is 11.1 Å². The van der Waals surface area contributed by atoms with Crippen molar-refractivity contribution in [3.05, 3.63) is 35.4 Å². The highest BCUT2D eigenvalue weighted by molar-refractivity contribution is 5.43. The summed E-state index contributed by atoms with van der Waals surface area (Å²) in [5, 5.41) is 3.34. The molecule has 2 aromatic rings. The molecule has 4 saturated heterocycles. The van der Waals surface area contributed by atoms with Gasteiger partial charge in [-0.05, 0) is 58.1 Å². The highest BCUT2D eigenvalue weighted by atomic mass is 16.9. The van der Waals surface area contributed by atoms with E-state index in [0.29, 0.717) is 18.4 Å². The van der Waals surface area contributed by atoms with Gasteiger partial charge in [-0.1, -0.05) is 24.3 Å². The summed E-state index contributed by atoms with van der Waals surface area (Å²) in [6, 6.07) is 8.70. The van der Waals surface area contributed by atoms with Gasteiger partial charge < -0.3 is 43.4 Å². The molecular weight excluding hydrogens is 530 g/mol. The van der Waals surface area contributed by atoms with Crippen LogP contribution in [0, 0.1) is 0 Å². The Balaban J connectivity index is 1.11. The molecule has 12 heteroatoms. The lowest BCUT2D eigenvalue weighted by Crippen LogP contribution is -2.56. The number of hydrogen-bond acceptors (Lipinski definition) is 12. The van der Waals surface area contributed by atoms with Gasteiger partial charge in [0.15, 0.2) is 17.9 Å². The number of fused-ring (bicyclic) bond motifs is 4. The quantitative estimate of drug-likeness (QED) is 0.528. The maximum Gasteiger partial charge on any atom is 0.323 e. The van der Waals surface area contributed by atoms with Crippen molar-refractivity contribution < 1.29 is 33.2 Å². The zero-order chi connectivity index (χ0) is 28.2. The van der Waals surface area contributed by atoms with Crippen LogP contribution in [0.1, 0.15) is 51.7 Å². The van der Waals surface area contributed by atoms with Gasteiger partial charge in [-0.15, -0.1) is 0 Å². The van der Waals surface area contributed by atoms with Crippen LogP contribution in [0.3, 0.4) is 0 Å². The molecule has 222 valence electrons. The molecular formula is C29H39N5O7. The minimum absolute atomic E-state index is 0.141. The standard InChI is InChI=1S/C29H39N5O7/c1-28(2)38-21-20(37-24-23(22(21)39-28)40-29(3,4)41-24)16-36-27-32-25(30-14-19-10-7-13-35-19)31-26(33-27)34-12-11-17-8-5-6-9-18(17)15-34/h5-6,8-9,19-24H,7,10-16H2,1-4H3,(H,30,31,32,33)/t19?,20-,21+,22+,23-,24-/m1/s1. The third-order valence-electron chi connectivity index (χ3n) is 8.16. The second-order valence-corrected chi connectivity index (χ2v) is 12.2. The number of hydrogen-bond donors (Lipinski definition) is 1. The summed E-state index contributed by atoms with van der Waals surface area (Å²) in [7, 11) is 0. The van der Waals surface area contributed by atoms with E-state index >= 15 is 0 Å². The largest absolute Gasteiger partial charge is 0.460 e. The summed E-state index contributed by atoms with van der Waals surface area (Å²) in [6.45, 7) is 10.6. The van der Waals surface area contributed by atoms with Gasteiger partial charge in [-0.3, -0.25) is 0 Å². The Labute approximate surface area is 240 Å². The second kappa shape index (κ2) is 10.6. The number of rotatable bonds is 7. The van der Waals surface area contributed by atoms with E-state index in [0.717, 1.165) is 39.0 Å². The zero-order valence-corrected chi connectivity index (χ0v) is 24.1. The molecule has 0 bridgehead atoms. The van der Waals surface area contributed by atoms with Crippen molar-refractivity contribution in [3.8, 4) is 6.01 Å². The van der Waals surface area contributed by atoms with Gasteiger partial charge in [-0.2, -0.15) is 15.0 Å². The van der Waals surface area contributed by atoms with Gasteiger partial charge in [0.2, 0.25) is 11.9 Å². The summed E-state index contributed by atoms with van der Waals surface area (Å²) in [6.07, 6.45) is 0.914. The van der Waals surface area contributed by atoms with E-state index in [4.69, 9.17) is 43.1 Å². The Bertz CT molecular complexity index is 1260. The first kappa shape index (κ1) is 27.2. The Morgan fingerprint density at radius 2 is 1.73 bits per heavy atom. The third-order valence-corrected chi connectivity index (χ3v) is 8.16. The van der Waals surface area contributed by atoms with Gasteiger partial charge in [-0.25, -0.2) is 0 Å². The first-order chi connectivity index (χ1) is 19.7. The molecule has 0 saturated carbocycles. The monoisotopic (exact) mass is 569 g/mol. The summed E-state index contributed by atoms with van der Waals surface area (Å²) in [5.74, 6) is -0.548. The van der Waals surface area contributed by atoms with Crippen LogP contribution in [0.15, 0.2) is 24.3 Å². The van der Waals surface area contributed by atoms with Crippen LogP contribution in [0.2, 0.25) is 0 Å². The van der Waals surface area contributed by atoms with Crippen molar-refractivity contribution >= 4 is 11.9 Å². The van der Waals surface area contributed by atoms with Gasteiger partial charge in [0.05, 0.1) is 6.10 Å². The molecule has 6 atom stereocenters. The Morgan fingerprint density at radius 1 is 0.951 bits per heavy atom. The number of anilines is 2. The van der Waals surface area contributed by atoms with Crippen LogP contribution < -0.4 is 15.0 Å². The smallest absolute Gasteiger partial charge is 0.323 e. The third kappa shape index (κ3) is 5.73. The molecule has 1 aromatic carbocycles. The lowest BCUT2D eigenvalue weighted by Gasteiger charge is -2.36. The lowest BCUT2D eigenvalue weighted by molar-refractivity contribution is -0.238. The molecule has 41 heavy (non-hydrogen) atoms. The highest BCUT2D eigenvalue weighted by Crippen LogP contribution is 2.44. The van der Waals surface area contributed by atoms with Crippen LogP contribution >= 0.6 is 0 Å². The first-order valence-electron chi connectivity index (χ1n) is 14.6. The van der Waals surface area contributed by atoms with E-state index in [2.05, 4.69) is 39.5 Å². The topological polar surface area (TPSA) is 119 Å². The van der Waals surface area contributed by atoms with Crippen molar-refractivity contribution in [3.63, 3.8) is 0 Å². The number of nitrogens with one attached hydrogen (secondary N) is 1. The number of aromatic nitrogens is 3. The van der Waals surface area contributed by atoms with E-state index < -0.39 is 36.2 Å². The van der Waals surface area contributed by atoms with Crippen LogP contribution in [0.25, 0.3) is 0 Å². The summed E-state index contributed by atoms with van der Waals surface area (Å²) < 4.78 is 43.0. The van der Waals surface area contributed by atoms with E-state index in [-0.39, 0.29) is 24.8 Å². The zero-order valence-electron chi connectivity index (χ0n) is 24.1. The molecule has 7 rings (SSSR count). The predicted molar refractivity (Wildman–Crippen MR) is 147 cm³/mol. The van der Waals surface area contributed by atoms with Crippen LogP contribution in [-0.2, 0) is 41.4 Å². The summed E-state index contributed by atoms with van der Waals surface area (Å²) >= 11 is 0. The summed E-state index contributed by atoms with van der Waals surface area (Å²) in [5.41, 5.74) is 2.63. The van der Waals surface area contributed by atoms with Crippen LogP contribution in [0.4, 0.5) is 11.9 Å². The maximum atomic E-state index is 6.31. The van der Waals surface area contributed by atoms with Crippen LogP contribution in [0.5, 0.6) is 6.01 Å². The molecule has 5 aliphatic heterocycles. The van der Waals surface area contributed by atoms with E-state index in [9.17, 15) is 0 Å². The maximum absolute atomic E-state index is 6.31. The number of nitrogens with zero attached hydrogens (tertiary/aromatic N) is 4. The second-order valence-electron chi connectivity index (χ2n) is 12.2. The van der Waals surface area contributed by atoms with Crippen molar-refractivity contribution in [2.75, 3.05) is 36.5 Å². The number of benzene rings is 1. The Morgan fingerprint density at radius 3 is 2.56 bits per heavy atom. The number of ether oxygens (including phenoxy) is 7. The van der Waals surface area contributed by atoms with Crippen molar-refractivity contribution in [2.45, 2.75) is 102 Å². The lowest BCUT2D eigenvalue weighted by atomic mass is 9.99. The minimum atomic E-state index is -0.786. The fraction of sp³-hybridized carbons (Fsp3) is 0.690.